The molecule has 0 atom stereocenters. The highest BCUT2D eigenvalue weighted by atomic mass is 19.2. The topological polar surface area (TPSA) is 62.4 Å². The first-order chi connectivity index (χ1) is 9.60. The van der Waals surface area contributed by atoms with Gasteiger partial charge in [0.25, 0.3) is 0 Å². The van der Waals surface area contributed by atoms with Crippen LogP contribution < -0.4 is 16.6 Å². The molecule has 0 saturated carbocycles. The summed E-state index contributed by atoms with van der Waals surface area (Å²) in [5, 5.41) is 2.55. The van der Waals surface area contributed by atoms with E-state index in [0.29, 0.717) is 5.69 Å². The first-order valence-electron chi connectivity index (χ1n) is 5.62. The van der Waals surface area contributed by atoms with Gasteiger partial charge in [0.15, 0.2) is 17.5 Å². The van der Waals surface area contributed by atoms with Crippen LogP contribution in [0.5, 0.6) is 0 Å². The molecule has 2 aromatic carbocycles. The third-order valence-electron chi connectivity index (χ3n) is 2.38. The van der Waals surface area contributed by atoms with Crippen LogP contribution in [0.2, 0.25) is 0 Å². The van der Waals surface area contributed by atoms with Crippen LogP contribution in [0.15, 0.2) is 47.5 Å². The van der Waals surface area contributed by atoms with Crippen LogP contribution in [-0.2, 0) is 0 Å². The molecule has 104 valence electrons. The van der Waals surface area contributed by atoms with E-state index in [4.69, 9.17) is 5.84 Å². The van der Waals surface area contributed by atoms with Crippen molar-refractivity contribution in [1.82, 2.24) is 5.43 Å². The zero-order valence-corrected chi connectivity index (χ0v) is 10.2. The number of rotatable bonds is 2. The lowest BCUT2D eigenvalue weighted by molar-refractivity contribution is 0.448. The quantitative estimate of drug-likeness (QED) is 0.260. The number of nitrogens with two attached hydrogens (primary N) is 1. The molecule has 4 nitrogen and oxygen atoms in total. The molecular weight excluding hydrogens is 269 g/mol. The second kappa shape index (κ2) is 6.07. The van der Waals surface area contributed by atoms with Crippen LogP contribution >= 0.6 is 0 Å². The highest BCUT2D eigenvalue weighted by Gasteiger charge is 2.11. The first kappa shape index (κ1) is 13.9. The summed E-state index contributed by atoms with van der Waals surface area (Å²) in [6, 6.07) is 10.4. The summed E-state index contributed by atoms with van der Waals surface area (Å²) in [7, 11) is 0. The first-order valence-corrected chi connectivity index (χ1v) is 5.62. The van der Waals surface area contributed by atoms with E-state index in [2.05, 4.69) is 15.7 Å². The molecule has 0 bridgehead atoms. The van der Waals surface area contributed by atoms with Crippen molar-refractivity contribution in [3.63, 3.8) is 0 Å². The molecular formula is C13H11F3N4. The summed E-state index contributed by atoms with van der Waals surface area (Å²) in [6.07, 6.45) is 0. The Hall–Kier alpha value is -2.54. The minimum atomic E-state index is -1.53. The minimum Gasteiger partial charge on any atom is -0.325 e. The average Bonchev–Trinajstić information content (AvgIpc) is 2.45. The normalized spacial score (nSPS) is 11.3. The predicted octanol–water partition coefficient (Wildman–Crippen LogP) is 2.67. The van der Waals surface area contributed by atoms with Gasteiger partial charge in [-0.2, -0.15) is 0 Å². The Morgan fingerprint density at radius 1 is 1.00 bits per heavy atom. The Bertz CT molecular complexity index is 606. The van der Waals surface area contributed by atoms with Gasteiger partial charge >= 0.3 is 0 Å². The van der Waals surface area contributed by atoms with Gasteiger partial charge in [0.1, 0.15) is 0 Å². The van der Waals surface area contributed by atoms with Crippen LogP contribution in [-0.4, -0.2) is 5.96 Å². The summed E-state index contributed by atoms with van der Waals surface area (Å²) < 4.78 is 39.0. The number of guanidine groups is 1. The number of aliphatic imine (C=N–C) groups is 1. The van der Waals surface area contributed by atoms with E-state index in [1.165, 1.54) is 0 Å². The van der Waals surface area contributed by atoms with Gasteiger partial charge in [-0.15, -0.1) is 0 Å². The maximum Gasteiger partial charge on any atom is 0.215 e. The van der Waals surface area contributed by atoms with Gasteiger partial charge < -0.3 is 5.32 Å². The third kappa shape index (κ3) is 3.27. The van der Waals surface area contributed by atoms with E-state index < -0.39 is 17.5 Å². The number of anilines is 1. The second-order valence-electron chi connectivity index (χ2n) is 3.82. The highest BCUT2D eigenvalue weighted by Crippen LogP contribution is 2.18. The van der Waals surface area contributed by atoms with E-state index in [0.717, 1.165) is 12.1 Å². The van der Waals surface area contributed by atoms with Crippen molar-refractivity contribution in [2.75, 3.05) is 5.32 Å². The van der Waals surface area contributed by atoms with Crippen molar-refractivity contribution in [3.8, 4) is 0 Å². The molecule has 0 fully saturated rings. The Labute approximate surface area is 113 Å². The van der Waals surface area contributed by atoms with Crippen LogP contribution in [0.25, 0.3) is 0 Å². The summed E-state index contributed by atoms with van der Waals surface area (Å²) in [4.78, 5) is 4.08. The minimum absolute atomic E-state index is 0.0194. The van der Waals surface area contributed by atoms with Crippen molar-refractivity contribution in [2.45, 2.75) is 0 Å². The summed E-state index contributed by atoms with van der Waals surface area (Å²) in [6.45, 7) is 0. The Morgan fingerprint density at radius 2 is 1.60 bits per heavy atom. The van der Waals surface area contributed by atoms with Crippen molar-refractivity contribution in [3.05, 3.63) is 59.9 Å². The summed E-state index contributed by atoms with van der Waals surface area (Å²) in [5.41, 5.74) is 2.81. The van der Waals surface area contributed by atoms with Crippen LogP contribution in [0, 0.1) is 17.5 Å². The molecule has 0 saturated heterocycles. The van der Waals surface area contributed by atoms with Crippen molar-refractivity contribution in [1.29, 1.82) is 0 Å². The standard InChI is InChI=1S/C13H11F3N4/c14-10-6-9(7-11(15)12(10)16)19-13(20-17)18-8-4-2-1-3-5-8/h1-7H,17H2,(H2,18,19,20). The second-order valence-corrected chi connectivity index (χ2v) is 3.82. The lowest BCUT2D eigenvalue weighted by atomic mass is 10.3. The summed E-state index contributed by atoms with van der Waals surface area (Å²) in [5.74, 6) is 1.19. The zero-order valence-electron chi connectivity index (χ0n) is 10.2. The van der Waals surface area contributed by atoms with Gasteiger partial charge in [0.05, 0.1) is 5.69 Å². The molecule has 7 heteroatoms. The van der Waals surface area contributed by atoms with Crippen LogP contribution in [0.1, 0.15) is 0 Å². The molecule has 2 aromatic rings. The number of hydrogen-bond acceptors (Lipinski definition) is 2. The van der Waals surface area contributed by atoms with E-state index in [1.807, 2.05) is 6.07 Å². The Morgan fingerprint density at radius 3 is 2.15 bits per heavy atom. The lowest BCUT2D eigenvalue weighted by Crippen LogP contribution is -2.36. The fourth-order valence-electron chi connectivity index (χ4n) is 1.49. The predicted molar refractivity (Wildman–Crippen MR) is 70.8 cm³/mol. The van der Waals surface area contributed by atoms with Gasteiger partial charge in [-0.3, -0.25) is 5.43 Å². The van der Waals surface area contributed by atoms with Crippen LogP contribution in [0.4, 0.5) is 24.5 Å². The van der Waals surface area contributed by atoms with Crippen molar-refractivity contribution < 1.29 is 13.2 Å². The molecule has 0 aromatic heterocycles. The molecule has 0 aliphatic carbocycles. The van der Waals surface area contributed by atoms with E-state index in [1.54, 1.807) is 24.3 Å². The van der Waals surface area contributed by atoms with Gasteiger partial charge in [0.2, 0.25) is 5.96 Å². The fourth-order valence-corrected chi connectivity index (χ4v) is 1.49. The van der Waals surface area contributed by atoms with Gasteiger partial charge in [-0.25, -0.2) is 24.0 Å². The van der Waals surface area contributed by atoms with E-state index in [9.17, 15) is 13.2 Å². The molecule has 20 heavy (non-hydrogen) atoms. The average molecular weight is 280 g/mol. The lowest BCUT2D eigenvalue weighted by Gasteiger charge is -2.09. The molecule has 0 aliphatic heterocycles. The highest BCUT2D eigenvalue weighted by molar-refractivity contribution is 5.94. The molecule has 0 radical (unpaired) electrons. The number of hydrazine groups is 1. The molecule has 0 unspecified atom stereocenters. The Kier molecular flexibility index (Phi) is 4.21. The van der Waals surface area contributed by atoms with Crippen molar-refractivity contribution in [2.24, 2.45) is 10.8 Å². The maximum atomic E-state index is 13.1. The maximum absolute atomic E-state index is 13.1. The largest absolute Gasteiger partial charge is 0.325 e. The molecule has 4 N–H and O–H groups in total. The van der Waals surface area contributed by atoms with Crippen molar-refractivity contribution >= 4 is 17.3 Å². The third-order valence-corrected chi connectivity index (χ3v) is 2.38. The van der Waals surface area contributed by atoms with Crippen LogP contribution in [0.3, 0.4) is 0 Å². The smallest absolute Gasteiger partial charge is 0.215 e. The number of benzene rings is 2. The zero-order chi connectivity index (χ0) is 14.5. The number of nitrogens with zero attached hydrogens (tertiary/aromatic N) is 1. The Balaban J connectivity index is 2.25. The molecule has 0 amide bonds. The van der Waals surface area contributed by atoms with E-state index in [-0.39, 0.29) is 11.6 Å². The fraction of sp³-hybridized carbons (Fsp3) is 0. The molecule has 0 aliphatic rings. The monoisotopic (exact) mass is 280 g/mol. The number of hydrogen-bond donors (Lipinski definition) is 3. The summed E-state index contributed by atoms with van der Waals surface area (Å²) >= 11 is 0. The molecule has 0 heterocycles. The van der Waals surface area contributed by atoms with E-state index >= 15 is 0 Å². The molecule has 2 rings (SSSR count). The SMILES string of the molecule is NNC(=Nc1ccccc1)Nc1cc(F)c(F)c(F)c1. The van der Waals surface area contributed by atoms with Gasteiger partial charge in [-0.05, 0) is 12.1 Å². The molecule has 0 spiro atoms. The van der Waals surface area contributed by atoms with Gasteiger partial charge in [0, 0.05) is 17.8 Å². The number of halogens is 3. The number of nitrogens with one attached hydrogen (secondary N) is 2. The number of para-hydroxylation sites is 1. The van der Waals surface area contributed by atoms with Gasteiger partial charge in [-0.1, -0.05) is 18.2 Å².